The van der Waals surface area contributed by atoms with Gasteiger partial charge in [0.2, 0.25) is 0 Å². The molecule has 19 heavy (non-hydrogen) atoms. The Hall–Kier alpha value is -0.950. The fraction of sp³-hybridized carbons (Fsp3) is 0.462. The average molecular weight is 328 g/mol. The third-order valence-electron chi connectivity index (χ3n) is 2.98. The molecule has 0 aliphatic heterocycles. The molecule has 2 aromatic heterocycles. The average Bonchev–Trinajstić information content (AvgIpc) is 2.79. The van der Waals surface area contributed by atoms with E-state index in [9.17, 15) is 0 Å². The van der Waals surface area contributed by atoms with E-state index in [1.165, 1.54) is 0 Å². The summed E-state index contributed by atoms with van der Waals surface area (Å²) in [7, 11) is 0. The second-order valence-electron chi connectivity index (χ2n) is 4.40. The van der Waals surface area contributed by atoms with Crippen LogP contribution in [0, 0.1) is 0 Å². The first-order chi connectivity index (χ1) is 9.24. The molecule has 0 saturated carbocycles. The Morgan fingerprint density at radius 3 is 2.79 bits per heavy atom. The Balaban J connectivity index is 2.15. The minimum absolute atomic E-state index is 0.117. The van der Waals surface area contributed by atoms with Gasteiger partial charge in [0, 0.05) is 36.9 Å². The molecular weight excluding hydrogens is 310 g/mol. The zero-order valence-electron chi connectivity index (χ0n) is 10.7. The van der Waals surface area contributed by atoms with Gasteiger partial charge in [-0.2, -0.15) is 0 Å². The van der Waals surface area contributed by atoms with Crippen molar-refractivity contribution in [2.24, 2.45) is 0 Å². The van der Waals surface area contributed by atoms with Gasteiger partial charge in [0.05, 0.1) is 18.5 Å². The molecule has 2 N–H and O–H groups in total. The van der Waals surface area contributed by atoms with Gasteiger partial charge in [-0.15, -0.1) is 0 Å². The quantitative estimate of drug-likeness (QED) is 0.804. The molecule has 0 aliphatic carbocycles. The number of rotatable bonds is 7. The van der Waals surface area contributed by atoms with E-state index in [-0.39, 0.29) is 13.2 Å². The van der Waals surface area contributed by atoms with E-state index in [1.807, 2.05) is 28.9 Å². The molecule has 0 fully saturated rings. The number of fused-ring (bicyclic) bond motifs is 1. The summed E-state index contributed by atoms with van der Waals surface area (Å²) < 4.78 is 3.04. The molecule has 0 spiro atoms. The van der Waals surface area contributed by atoms with Crippen molar-refractivity contribution in [3.63, 3.8) is 0 Å². The zero-order chi connectivity index (χ0) is 13.7. The third kappa shape index (κ3) is 3.76. The fourth-order valence-corrected chi connectivity index (χ4v) is 2.39. The molecule has 0 aliphatic rings. The highest BCUT2D eigenvalue weighted by Gasteiger charge is 2.09. The lowest BCUT2D eigenvalue weighted by Gasteiger charge is -2.20. The molecule has 0 atom stereocenters. The van der Waals surface area contributed by atoms with Gasteiger partial charge in [-0.05, 0) is 34.5 Å². The summed E-state index contributed by atoms with van der Waals surface area (Å²) in [5, 5.41) is 18.0. The Bertz CT molecular complexity index is 530. The fourth-order valence-electron chi connectivity index (χ4n) is 2.06. The van der Waals surface area contributed by atoms with E-state index >= 15 is 0 Å². The van der Waals surface area contributed by atoms with Gasteiger partial charge in [-0.25, -0.2) is 4.98 Å². The molecule has 2 aromatic rings. The van der Waals surface area contributed by atoms with Crippen molar-refractivity contribution in [1.82, 2.24) is 14.3 Å². The van der Waals surface area contributed by atoms with Crippen molar-refractivity contribution < 1.29 is 10.2 Å². The molecule has 2 rings (SSSR count). The van der Waals surface area contributed by atoms with Gasteiger partial charge >= 0.3 is 0 Å². The van der Waals surface area contributed by atoms with Crippen LogP contribution in [0.1, 0.15) is 12.1 Å². The van der Waals surface area contributed by atoms with Crippen LogP contribution in [-0.2, 0) is 6.54 Å². The molecule has 0 bridgehead atoms. The molecule has 6 heteroatoms. The van der Waals surface area contributed by atoms with Gasteiger partial charge in [0.1, 0.15) is 5.65 Å². The Labute approximate surface area is 120 Å². The number of nitrogens with zero attached hydrogens (tertiary/aromatic N) is 3. The molecule has 0 saturated heterocycles. The number of hydrogen-bond acceptors (Lipinski definition) is 4. The lowest BCUT2D eigenvalue weighted by atomic mass is 10.3. The summed E-state index contributed by atoms with van der Waals surface area (Å²) in [6.07, 6.45) is 4.55. The highest BCUT2D eigenvalue weighted by molar-refractivity contribution is 9.10. The molecule has 0 amide bonds. The Kier molecular flexibility index (Phi) is 5.33. The summed E-state index contributed by atoms with van der Waals surface area (Å²) in [6, 6.07) is 3.92. The molecule has 0 aromatic carbocycles. The van der Waals surface area contributed by atoms with Gasteiger partial charge < -0.3 is 14.6 Å². The van der Waals surface area contributed by atoms with Crippen molar-refractivity contribution in [1.29, 1.82) is 0 Å². The van der Waals surface area contributed by atoms with E-state index in [0.717, 1.165) is 22.4 Å². The van der Waals surface area contributed by atoms with E-state index in [2.05, 4.69) is 25.8 Å². The van der Waals surface area contributed by atoms with Crippen LogP contribution in [0.2, 0.25) is 0 Å². The predicted octanol–water partition coefficient (Wildman–Crippen LogP) is 1.27. The number of pyridine rings is 1. The van der Waals surface area contributed by atoms with E-state index in [1.54, 1.807) is 0 Å². The second kappa shape index (κ2) is 7.00. The standard InChI is InChI=1S/C13H18BrN3O2/c14-11-2-3-13-15-8-12(17(13)9-11)10-16(5-7-19)4-1-6-18/h2-3,8-9,18-19H,1,4-7,10H2. The molecule has 0 unspecified atom stereocenters. The van der Waals surface area contributed by atoms with Crippen LogP contribution in [0.25, 0.3) is 5.65 Å². The summed E-state index contributed by atoms with van der Waals surface area (Å²) in [5.41, 5.74) is 1.98. The molecule has 0 radical (unpaired) electrons. The summed E-state index contributed by atoms with van der Waals surface area (Å²) in [6.45, 7) is 2.35. The molecule has 104 valence electrons. The maximum Gasteiger partial charge on any atom is 0.136 e. The van der Waals surface area contributed by atoms with Crippen LogP contribution in [0.15, 0.2) is 29.0 Å². The van der Waals surface area contributed by atoms with Crippen molar-refractivity contribution in [3.8, 4) is 0 Å². The maximum atomic E-state index is 9.09. The van der Waals surface area contributed by atoms with Crippen molar-refractivity contribution in [2.45, 2.75) is 13.0 Å². The van der Waals surface area contributed by atoms with Gasteiger partial charge in [0.25, 0.3) is 0 Å². The van der Waals surface area contributed by atoms with E-state index in [0.29, 0.717) is 19.5 Å². The van der Waals surface area contributed by atoms with Crippen LogP contribution < -0.4 is 0 Å². The topological polar surface area (TPSA) is 61.0 Å². The highest BCUT2D eigenvalue weighted by Crippen LogP contribution is 2.15. The maximum absolute atomic E-state index is 9.09. The number of aromatic nitrogens is 2. The molecule has 5 nitrogen and oxygen atoms in total. The first kappa shape index (κ1) is 14.5. The van der Waals surface area contributed by atoms with Crippen LogP contribution in [0.3, 0.4) is 0 Å². The SMILES string of the molecule is OCCCN(CCO)Cc1cnc2ccc(Br)cn12. The monoisotopic (exact) mass is 327 g/mol. The number of hydrogen-bond donors (Lipinski definition) is 2. The number of imidazole rings is 1. The minimum atomic E-state index is 0.117. The van der Waals surface area contributed by atoms with Crippen molar-refractivity contribution in [3.05, 3.63) is 34.7 Å². The summed E-state index contributed by atoms with van der Waals surface area (Å²) in [5.74, 6) is 0. The largest absolute Gasteiger partial charge is 0.396 e. The number of aliphatic hydroxyl groups is 2. The summed E-state index contributed by atoms with van der Waals surface area (Å²) >= 11 is 3.45. The van der Waals surface area contributed by atoms with Crippen LogP contribution >= 0.6 is 15.9 Å². The number of halogens is 1. The Morgan fingerprint density at radius 2 is 2.05 bits per heavy atom. The smallest absolute Gasteiger partial charge is 0.136 e. The number of aliphatic hydroxyl groups excluding tert-OH is 2. The van der Waals surface area contributed by atoms with Crippen molar-refractivity contribution >= 4 is 21.6 Å². The van der Waals surface area contributed by atoms with E-state index < -0.39 is 0 Å². The minimum Gasteiger partial charge on any atom is -0.396 e. The molecular formula is C13H18BrN3O2. The van der Waals surface area contributed by atoms with E-state index in [4.69, 9.17) is 10.2 Å². The summed E-state index contributed by atoms with van der Waals surface area (Å²) in [4.78, 5) is 6.47. The molecule has 2 heterocycles. The first-order valence-electron chi connectivity index (χ1n) is 6.30. The van der Waals surface area contributed by atoms with Crippen LogP contribution in [-0.4, -0.2) is 50.8 Å². The lowest BCUT2D eigenvalue weighted by molar-refractivity contribution is 0.172. The van der Waals surface area contributed by atoms with Gasteiger partial charge in [0.15, 0.2) is 0 Å². The van der Waals surface area contributed by atoms with Gasteiger partial charge in [-0.1, -0.05) is 0 Å². The first-order valence-corrected chi connectivity index (χ1v) is 7.09. The highest BCUT2D eigenvalue weighted by atomic mass is 79.9. The Morgan fingerprint density at radius 1 is 1.21 bits per heavy atom. The predicted molar refractivity (Wildman–Crippen MR) is 77.0 cm³/mol. The van der Waals surface area contributed by atoms with Crippen LogP contribution in [0.5, 0.6) is 0 Å². The van der Waals surface area contributed by atoms with Gasteiger partial charge in [-0.3, -0.25) is 4.90 Å². The lowest BCUT2D eigenvalue weighted by Crippen LogP contribution is -2.28. The van der Waals surface area contributed by atoms with Crippen LogP contribution in [0.4, 0.5) is 0 Å². The third-order valence-corrected chi connectivity index (χ3v) is 3.45. The zero-order valence-corrected chi connectivity index (χ0v) is 12.3. The van der Waals surface area contributed by atoms with Crippen molar-refractivity contribution in [2.75, 3.05) is 26.3 Å². The normalized spacial score (nSPS) is 11.6. The second-order valence-corrected chi connectivity index (χ2v) is 5.32.